The van der Waals surface area contributed by atoms with E-state index in [0.717, 1.165) is 17.4 Å². The van der Waals surface area contributed by atoms with Gasteiger partial charge in [-0.15, -0.1) is 0 Å². The van der Waals surface area contributed by atoms with Gasteiger partial charge in [-0.1, -0.05) is 13.5 Å². The van der Waals surface area contributed by atoms with E-state index in [1.165, 1.54) is 25.3 Å². The molecule has 0 aliphatic carbocycles. The molecule has 0 amide bonds. The molecular formula is C10H20N2S. The van der Waals surface area contributed by atoms with Crippen molar-refractivity contribution in [1.29, 1.82) is 0 Å². The van der Waals surface area contributed by atoms with Gasteiger partial charge in [-0.05, 0) is 12.0 Å². The average molecular weight is 200 g/mol. The minimum absolute atomic E-state index is 0.625. The van der Waals surface area contributed by atoms with Gasteiger partial charge >= 0.3 is 0 Å². The van der Waals surface area contributed by atoms with E-state index in [0.29, 0.717) is 6.54 Å². The van der Waals surface area contributed by atoms with E-state index in [2.05, 4.69) is 30.2 Å². The van der Waals surface area contributed by atoms with Gasteiger partial charge in [0.05, 0.1) is 0 Å². The van der Waals surface area contributed by atoms with Crippen LogP contribution in [0.3, 0.4) is 0 Å². The zero-order chi connectivity index (χ0) is 9.68. The van der Waals surface area contributed by atoms with Crippen LogP contribution in [-0.2, 0) is 0 Å². The third kappa shape index (κ3) is 3.71. The van der Waals surface area contributed by atoms with Crippen LogP contribution < -0.4 is 5.73 Å². The summed E-state index contributed by atoms with van der Waals surface area (Å²) in [5.74, 6) is 1.26. The van der Waals surface area contributed by atoms with Gasteiger partial charge in [0.1, 0.15) is 0 Å². The van der Waals surface area contributed by atoms with Crippen LogP contribution >= 0.6 is 11.8 Å². The van der Waals surface area contributed by atoms with Gasteiger partial charge in [0, 0.05) is 37.2 Å². The second-order valence-corrected chi connectivity index (χ2v) is 5.00. The Hall–Kier alpha value is 0.0100. The van der Waals surface area contributed by atoms with E-state index < -0.39 is 0 Å². The summed E-state index contributed by atoms with van der Waals surface area (Å²) in [6, 6.07) is 0. The van der Waals surface area contributed by atoms with Crippen LogP contribution in [0.25, 0.3) is 0 Å². The predicted octanol–water partition coefficient (Wildman–Crippen LogP) is 1.33. The molecule has 0 saturated carbocycles. The van der Waals surface area contributed by atoms with Crippen LogP contribution in [0.4, 0.5) is 0 Å². The molecule has 1 aliphatic rings. The molecule has 0 radical (unpaired) electrons. The fourth-order valence-corrected chi connectivity index (χ4v) is 2.80. The molecule has 1 heterocycles. The lowest BCUT2D eigenvalue weighted by Crippen LogP contribution is -2.39. The minimum atomic E-state index is 0.625. The summed E-state index contributed by atoms with van der Waals surface area (Å²) < 4.78 is 0. The Morgan fingerprint density at radius 2 is 2.46 bits per heavy atom. The summed E-state index contributed by atoms with van der Waals surface area (Å²) in [6.45, 7) is 10.2. The van der Waals surface area contributed by atoms with Gasteiger partial charge in [0.15, 0.2) is 0 Å². The number of rotatable bonds is 4. The standard InChI is InChI=1S/C10H20N2S/c1-3-10-8-12(4-5-13-10)7-9(2)6-11/h10H,2-8,11H2,1H3. The van der Waals surface area contributed by atoms with E-state index in [4.69, 9.17) is 5.73 Å². The minimum Gasteiger partial charge on any atom is -0.327 e. The van der Waals surface area contributed by atoms with Crippen molar-refractivity contribution in [2.75, 3.05) is 31.9 Å². The van der Waals surface area contributed by atoms with Gasteiger partial charge in [0.2, 0.25) is 0 Å². The summed E-state index contributed by atoms with van der Waals surface area (Å²) in [5.41, 5.74) is 6.68. The molecule has 2 nitrogen and oxygen atoms in total. The van der Waals surface area contributed by atoms with Crippen molar-refractivity contribution in [3.05, 3.63) is 12.2 Å². The summed E-state index contributed by atoms with van der Waals surface area (Å²) in [7, 11) is 0. The highest BCUT2D eigenvalue weighted by Crippen LogP contribution is 2.21. The lowest BCUT2D eigenvalue weighted by atomic mass is 10.2. The first-order valence-corrected chi connectivity index (χ1v) is 6.01. The second-order valence-electron chi connectivity index (χ2n) is 3.59. The van der Waals surface area contributed by atoms with Crippen LogP contribution in [0.2, 0.25) is 0 Å². The lowest BCUT2D eigenvalue weighted by molar-refractivity contribution is 0.303. The summed E-state index contributed by atoms with van der Waals surface area (Å²) in [5, 5.41) is 0.819. The van der Waals surface area contributed by atoms with Crippen molar-refractivity contribution >= 4 is 11.8 Å². The van der Waals surface area contributed by atoms with Gasteiger partial charge < -0.3 is 5.73 Å². The number of hydrogen-bond donors (Lipinski definition) is 1. The largest absolute Gasteiger partial charge is 0.327 e. The smallest absolute Gasteiger partial charge is 0.0203 e. The molecule has 0 aromatic heterocycles. The molecular weight excluding hydrogens is 180 g/mol. The van der Waals surface area contributed by atoms with Crippen molar-refractivity contribution in [1.82, 2.24) is 4.90 Å². The highest BCUT2D eigenvalue weighted by atomic mass is 32.2. The maximum Gasteiger partial charge on any atom is 0.0203 e. The molecule has 13 heavy (non-hydrogen) atoms. The first-order chi connectivity index (χ1) is 6.26. The molecule has 0 bridgehead atoms. The van der Waals surface area contributed by atoms with Crippen molar-refractivity contribution < 1.29 is 0 Å². The number of thioether (sulfide) groups is 1. The molecule has 1 fully saturated rings. The number of nitrogens with zero attached hydrogens (tertiary/aromatic N) is 1. The molecule has 1 saturated heterocycles. The Bertz CT molecular complexity index is 170. The van der Waals surface area contributed by atoms with Crippen LogP contribution in [0, 0.1) is 0 Å². The van der Waals surface area contributed by atoms with Crippen molar-refractivity contribution in [2.24, 2.45) is 5.73 Å². The van der Waals surface area contributed by atoms with Crippen LogP contribution in [0.1, 0.15) is 13.3 Å². The van der Waals surface area contributed by atoms with Crippen LogP contribution in [0.15, 0.2) is 12.2 Å². The van der Waals surface area contributed by atoms with Crippen molar-refractivity contribution in [3.8, 4) is 0 Å². The van der Waals surface area contributed by atoms with Crippen LogP contribution in [-0.4, -0.2) is 42.1 Å². The molecule has 1 atom stereocenters. The Morgan fingerprint density at radius 3 is 3.08 bits per heavy atom. The Morgan fingerprint density at radius 1 is 1.69 bits per heavy atom. The number of nitrogens with two attached hydrogens (primary N) is 1. The average Bonchev–Trinajstić information content (AvgIpc) is 2.18. The Kier molecular flexibility index (Phi) is 4.84. The molecule has 3 heteroatoms. The van der Waals surface area contributed by atoms with E-state index in [-0.39, 0.29) is 0 Å². The summed E-state index contributed by atoms with van der Waals surface area (Å²) in [6.07, 6.45) is 1.27. The van der Waals surface area contributed by atoms with Gasteiger partial charge in [-0.25, -0.2) is 0 Å². The second kappa shape index (κ2) is 5.68. The normalized spacial score (nSPS) is 24.6. The predicted molar refractivity (Wildman–Crippen MR) is 61.2 cm³/mol. The topological polar surface area (TPSA) is 29.3 Å². The van der Waals surface area contributed by atoms with Gasteiger partial charge in [-0.3, -0.25) is 4.90 Å². The third-order valence-corrected chi connectivity index (χ3v) is 3.79. The molecule has 1 aliphatic heterocycles. The third-order valence-electron chi connectivity index (χ3n) is 2.41. The van der Waals surface area contributed by atoms with Gasteiger partial charge in [0.25, 0.3) is 0 Å². The summed E-state index contributed by atoms with van der Waals surface area (Å²) >= 11 is 2.10. The monoisotopic (exact) mass is 200 g/mol. The quantitative estimate of drug-likeness (QED) is 0.694. The van der Waals surface area contributed by atoms with E-state index in [1.54, 1.807) is 0 Å². The fraction of sp³-hybridized carbons (Fsp3) is 0.800. The van der Waals surface area contributed by atoms with E-state index in [9.17, 15) is 0 Å². The van der Waals surface area contributed by atoms with E-state index >= 15 is 0 Å². The molecule has 0 aromatic rings. The van der Waals surface area contributed by atoms with Crippen LogP contribution in [0.5, 0.6) is 0 Å². The highest BCUT2D eigenvalue weighted by molar-refractivity contribution is 8.00. The fourth-order valence-electron chi connectivity index (χ4n) is 1.55. The lowest BCUT2D eigenvalue weighted by Gasteiger charge is -2.32. The zero-order valence-corrected chi connectivity index (χ0v) is 9.28. The molecule has 76 valence electrons. The molecule has 0 aromatic carbocycles. The Labute approximate surface area is 85.6 Å². The molecule has 2 N–H and O–H groups in total. The first-order valence-electron chi connectivity index (χ1n) is 4.97. The molecule has 0 spiro atoms. The summed E-state index contributed by atoms with van der Waals surface area (Å²) in [4.78, 5) is 2.47. The number of hydrogen-bond acceptors (Lipinski definition) is 3. The Balaban J connectivity index is 2.29. The maximum absolute atomic E-state index is 5.52. The maximum atomic E-state index is 5.52. The molecule has 1 unspecified atom stereocenters. The van der Waals surface area contributed by atoms with Crippen molar-refractivity contribution in [3.63, 3.8) is 0 Å². The van der Waals surface area contributed by atoms with Gasteiger partial charge in [-0.2, -0.15) is 11.8 Å². The first kappa shape index (κ1) is 11.1. The SMILES string of the molecule is C=C(CN)CN1CCSC(CC)C1. The zero-order valence-electron chi connectivity index (χ0n) is 8.46. The molecule has 1 rings (SSSR count). The van der Waals surface area contributed by atoms with E-state index in [1.807, 2.05) is 0 Å². The van der Waals surface area contributed by atoms with Crippen molar-refractivity contribution in [2.45, 2.75) is 18.6 Å². The highest BCUT2D eigenvalue weighted by Gasteiger charge is 2.18.